The van der Waals surface area contributed by atoms with E-state index in [9.17, 15) is 9.59 Å². The Morgan fingerprint density at radius 1 is 1.33 bits per heavy atom. The van der Waals surface area contributed by atoms with Crippen molar-refractivity contribution in [2.45, 2.75) is 32.4 Å². The Hall–Kier alpha value is -1.40. The molecule has 0 radical (unpaired) electrons. The summed E-state index contributed by atoms with van der Waals surface area (Å²) in [7, 11) is 3.08. The van der Waals surface area contributed by atoms with Gasteiger partial charge in [-0.2, -0.15) is 0 Å². The summed E-state index contributed by atoms with van der Waals surface area (Å²) in [5.74, 6) is 0. The van der Waals surface area contributed by atoms with Crippen molar-refractivity contribution in [3.63, 3.8) is 0 Å². The maximum Gasteiger partial charge on any atom is 0.330 e. The molecule has 1 rings (SSSR count). The molecular weight excluding hydrogens is 234 g/mol. The molecule has 0 aromatic carbocycles. The SMILES string of the molecule is Cn1cc(CNC(C)(C)CCO)c(=O)n(C)c1=O. The van der Waals surface area contributed by atoms with E-state index in [0.717, 1.165) is 4.57 Å². The van der Waals surface area contributed by atoms with Crippen molar-refractivity contribution >= 4 is 0 Å². The zero-order valence-electron chi connectivity index (χ0n) is 11.4. The standard InChI is InChI=1S/C12H21N3O3/c1-12(2,5-6-16)13-7-9-8-14(3)11(18)15(4)10(9)17/h8,13,16H,5-7H2,1-4H3. The van der Waals surface area contributed by atoms with Crippen LogP contribution in [0.1, 0.15) is 25.8 Å². The van der Waals surface area contributed by atoms with Gasteiger partial charge in [-0.3, -0.25) is 9.36 Å². The molecule has 0 aliphatic heterocycles. The lowest BCUT2D eigenvalue weighted by Gasteiger charge is -2.25. The third-order valence-corrected chi connectivity index (χ3v) is 3.01. The number of rotatable bonds is 5. The molecule has 0 unspecified atom stereocenters. The van der Waals surface area contributed by atoms with E-state index in [4.69, 9.17) is 5.11 Å². The Labute approximate surface area is 106 Å². The Bertz CT molecular complexity index is 528. The molecule has 0 aliphatic carbocycles. The summed E-state index contributed by atoms with van der Waals surface area (Å²) in [6.07, 6.45) is 2.14. The zero-order chi connectivity index (χ0) is 13.9. The van der Waals surface area contributed by atoms with Crippen LogP contribution in [0.5, 0.6) is 0 Å². The highest BCUT2D eigenvalue weighted by Crippen LogP contribution is 2.07. The molecule has 0 amide bonds. The van der Waals surface area contributed by atoms with E-state index in [1.165, 1.54) is 11.6 Å². The Morgan fingerprint density at radius 3 is 2.50 bits per heavy atom. The monoisotopic (exact) mass is 255 g/mol. The lowest BCUT2D eigenvalue weighted by Crippen LogP contribution is -2.43. The van der Waals surface area contributed by atoms with E-state index in [0.29, 0.717) is 18.5 Å². The van der Waals surface area contributed by atoms with E-state index >= 15 is 0 Å². The van der Waals surface area contributed by atoms with Crippen LogP contribution in [0.25, 0.3) is 0 Å². The average Bonchev–Trinajstić information content (AvgIpc) is 2.29. The first-order chi connectivity index (χ1) is 8.28. The molecule has 18 heavy (non-hydrogen) atoms. The van der Waals surface area contributed by atoms with Crippen molar-refractivity contribution in [2.75, 3.05) is 6.61 Å². The molecule has 0 saturated carbocycles. The maximum atomic E-state index is 11.9. The van der Waals surface area contributed by atoms with Gasteiger partial charge in [0.25, 0.3) is 5.56 Å². The molecule has 6 nitrogen and oxygen atoms in total. The van der Waals surface area contributed by atoms with Gasteiger partial charge in [-0.05, 0) is 20.3 Å². The van der Waals surface area contributed by atoms with Crippen LogP contribution in [0.2, 0.25) is 0 Å². The van der Waals surface area contributed by atoms with Crippen molar-refractivity contribution in [1.82, 2.24) is 14.5 Å². The van der Waals surface area contributed by atoms with E-state index in [1.54, 1.807) is 13.2 Å². The van der Waals surface area contributed by atoms with Crippen LogP contribution in [0, 0.1) is 0 Å². The van der Waals surface area contributed by atoms with E-state index < -0.39 is 0 Å². The molecule has 1 aromatic heterocycles. The molecule has 1 aromatic rings. The predicted molar refractivity (Wildman–Crippen MR) is 69.5 cm³/mol. The lowest BCUT2D eigenvalue weighted by molar-refractivity contribution is 0.230. The number of hydrogen-bond donors (Lipinski definition) is 2. The number of aliphatic hydroxyl groups is 1. The molecule has 0 aliphatic rings. The van der Waals surface area contributed by atoms with Crippen molar-refractivity contribution < 1.29 is 5.11 Å². The number of aliphatic hydroxyl groups excluding tert-OH is 1. The summed E-state index contributed by atoms with van der Waals surface area (Å²) in [4.78, 5) is 23.4. The van der Waals surface area contributed by atoms with Gasteiger partial charge in [-0.15, -0.1) is 0 Å². The molecule has 0 bridgehead atoms. The van der Waals surface area contributed by atoms with Gasteiger partial charge in [-0.25, -0.2) is 4.79 Å². The van der Waals surface area contributed by atoms with Crippen LogP contribution >= 0.6 is 0 Å². The van der Waals surface area contributed by atoms with E-state index in [-0.39, 0.29) is 23.4 Å². The highest BCUT2D eigenvalue weighted by atomic mass is 16.3. The molecule has 0 spiro atoms. The first kappa shape index (κ1) is 14.7. The molecule has 0 fully saturated rings. The summed E-state index contributed by atoms with van der Waals surface area (Å²) < 4.78 is 2.48. The summed E-state index contributed by atoms with van der Waals surface area (Å²) in [6, 6.07) is 0. The van der Waals surface area contributed by atoms with Crippen molar-refractivity contribution in [3.8, 4) is 0 Å². The minimum absolute atomic E-state index is 0.0886. The molecule has 2 N–H and O–H groups in total. The van der Waals surface area contributed by atoms with Gasteiger partial charge in [0, 0.05) is 44.5 Å². The van der Waals surface area contributed by atoms with E-state index in [2.05, 4.69) is 5.32 Å². The second-order valence-electron chi connectivity index (χ2n) is 5.12. The summed E-state index contributed by atoms with van der Waals surface area (Å²) in [6.45, 7) is 4.37. The second-order valence-corrected chi connectivity index (χ2v) is 5.12. The minimum atomic E-state index is -0.335. The average molecular weight is 255 g/mol. The topological polar surface area (TPSA) is 76.3 Å². The highest BCUT2D eigenvalue weighted by molar-refractivity contribution is 5.05. The number of hydrogen-bond acceptors (Lipinski definition) is 4. The highest BCUT2D eigenvalue weighted by Gasteiger charge is 2.17. The van der Waals surface area contributed by atoms with Gasteiger partial charge in [0.15, 0.2) is 0 Å². The lowest BCUT2D eigenvalue weighted by atomic mass is 10.0. The molecule has 0 atom stereocenters. The van der Waals surface area contributed by atoms with Crippen molar-refractivity contribution in [2.24, 2.45) is 14.1 Å². The number of aryl methyl sites for hydroxylation is 1. The quantitative estimate of drug-likeness (QED) is 0.732. The van der Waals surface area contributed by atoms with Crippen molar-refractivity contribution in [3.05, 3.63) is 32.6 Å². The van der Waals surface area contributed by atoms with Gasteiger partial charge in [-0.1, -0.05) is 0 Å². The Kier molecular flexibility index (Phi) is 4.48. The smallest absolute Gasteiger partial charge is 0.330 e. The van der Waals surface area contributed by atoms with Gasteiger partial charge >= 0.3 is 5.69 Å². The minimum Gasteiger partial charge on any atom is -0.396 e. The molecular formula is C12H21N3O3. The third kappa shape index (κ3) is 3.30. The van der Waals surface area contributed by atoms with Gasteiger partial charge in [0.2, 0.25) is 0 Å². The fourth-order valence-electron chi connectivity index (χ4n) is 1.71. The Balaban J connectivity index is 2.94. The van der Waals surface area contributed by atoms with Gasteiger partial charge in [0.05, 0.1) is 0 Å². The van der Waals surface area contributed by atoms with Crippen LogP contribution < -0.4 is 16.6 Å². The summed E-state index contributed by atoms with van der Waals surface area (Å²) in [5, 5.41) is 12.1. The van der Waals surface area contributed by atoms with Gasteiger partial charge < -0.3 is 15.0 Å². The van der Waals surface area contributed by atoms with Gasteiger partial charge in [0.1, 0.15) is 0 Å². The van der Waals surface area contributed by atoms with Crippen LogP contribution in [0.4, 0.5) is 0 Å². The Morgan fingerprint density at radius 2 is 1.94 bits per heavy atom. The normalized spacial score (nSPS) is 11.8. The summed E-state index contributed by atoms with van der Waals surface area (Å²) in [5.41, 5.74) is -0.344. The number of nitrogens with zero attached hydrogens (tertiary/aromatic N) is 2. The van der Waals surface area contributed by atoms with Crippen LogP contribution in [-0.2, 0) is 20.6 Å². The molecule has 102 valence electrons. The first-order valence-corrected chi connectivity index (χ1v) is 5.90. The van der Waals surface area contributed by atoms with Crippen LogP contribution in [-0.4, -0.2) is 26.4 Å². The molecule has 0 saturated heterocycles. The van der Waals surface area contributed by atoms with Crippen molar-refractivity contribution in [1.29, 1.82) is 0 Å². The van der Waals surface area contributed by atoms with E-state index in [1.807, 2.05) is 13.8 Å². The number of nitrogens with one attached hydrogen (secondary N) is 1. The number of aromatic nitrogens is 2. The summed E-state index contributed by atoms with van der Waals surface area (Å²) >= 11 is 0. The second kappa shape index (κ2) is 5.49. The maximum absolute atomic E-state index is 11.9. The first-order valence-electron chi connectivity index (χ1n) is 5.90. The molecule has 1 heterocycles. The van der Waals surface area contributed by atoms with Crippen LogP contribution in [0.15, 0.2) is 15.8 Å². The predicted octanol–water partition coefficient (Wildman–Crippen LogP) is -0.665. The fraction of sp³-hybridized carbons (Fsp3) is 0.667. The zero-order valence-corrected chi connectivity index (χ0v) is 11.4. The largest absolute Gasteiger partial charge is 0.396 e. The third-order valence-electron chi connectivity index (χ3n) is 3.01. The fourth-order valence-corrected chi connectivity index (χ4v) is 1.71. The molecule has 6 heteroatoms. The van der Waals surface area contributed by atoms with Crippen LogP contribution in [0.3, 0.4) is 0 Å².